The number of carbonyl (C=O) groups is 3. The highest BCUT2D eigenvalue weighted by Gasteiger charge is 2.65. The van der Waals surface area contributed by atoms with Gasteiger partial charge in [0.15, 0.2) is 0 Å². The van der Waals surface area contributed by atoms with Crippen LogP contribution in [0, 0.1) is 16.7 Å². The van der Waals surface area contributed by atoms with Gasteiger partial charge in [-0.1, -0.05) is 34.6 Å². The first kappa shape index (κ1) is 16.5. The molecule has 0 saturated heterocycles. The molecule has 0 radical (unpaired) electrons. The van der Waals surface area contributed by atoms with E-state index in [4.69, 9.17) is 5.11 Å². The third kappa shape index (κ3) is 3.49. The summed E-state index contributed by atoms with van der Waals surface area (Å²) >= 11 is 0. The molecule has 0 bridgehead atoms. The van der Waals surface area contributed by atoms with Crippen LogP contribution >= 0.6 is 0 Å². The van der Waals surface area contributed by atoms with Crippen LogP contribution in [0.1, 0.15) is 47.5 Å². The minimum atomic E-state index is -0.948. The van der Waals surface area contributed by atoms with Gasteiger partial charge >= 0.3 is 12.0 Å². The molecule has 0 aliphatic heterocycles. The van der Waals surface area contributed by atoms with E-state index in [-0.39, 0.29) is 35.6 Å². The molecule has 1 atom stereocenters. The summed E-state index contributed by atoms with van der Waals surface area (Å²) in [7, 11) is 0. The van der Waals surface area contributed by atoms with Crippen molar-refractivity contribution in [2.24, 2.45) is 16.7 Å². The standard InChI is InChI=1S/C14H24N2O4/c1-8(7-10(18)19)6-9(17)15-12(20)16-11-13(2,3)14(11,4)5/h8,11H,6-7H2,1-5H3,(H,18,19)(H2,15,16,17,20). The second-order valence-corrected chi connectivity index (χ2v) is 6.81. The van der Waals surface area contributed by atoms with Gasteiger partial charge in [0.2, 0.25) is 5.91 Å². The normalized spacial score (nSPS) is 20.9. The van der Waals surface area contributed by atoms with Crippen LogP contribution in [0.4, 0.5) is 4.79 Å². The molecule has 0 heterocycles. The molecule has 0 spiro atoms. The van der Waals surface area contributed by atoms with Crippen LogP contribution in [-0.2, 0) is 9.59 Å². The van der Waals surface area contributed by atoms with Gasteiger partial charge in [0, 0.05) is 18.9 Å². The SMILES string of the molecule is CC(CC(=O)O)CC(=O)NC(=O)NC1C(C)(C)C1(C)C. The van der Waals surface area contributed by atoms with Crippen LogP contribution in [0.2, 0.25) is 0 Å². The van der Waals surface area contributed by atoms with Gasteiger partial charge in [0.1, 0.15) is 0 Å². The van der Waals surface area contributed by atoms with Crippen molar-refractivity contribution in [2.75, 3.05) is 0 Å². The van der Waals surface area contributed by atoms with Crippen molar-refractivity contribution in [1.29, 1.82) is 0 Å². The molecule has 3 N–H and O–H groups in total. The average Bonchev–Trinajstić information content (AvgIpc) is 2.58. The summed E-state index contributed by atoms with van der Waals surface area (Å²) in [6, 6.07) is -0.486. The van der Waals surface area contributed by atoms with E-state index < -0.39 is 17.9 Å². The summed E-state index contributed by atoms with van der Waals surface area (Å²) in [4.78, 5) is 33.8. The Morgan fingerprint density at radius 3 is 2.00 bits per heavy atom. The number of carboxylic acid groups (broad SMARTS) is 1. The largest absolute Gasteiger partial charge is 0.481 e. The predicted octanol–water partition coefficient (Wildman–Crippen LogP) is 1.75. The van der Waals surface area contributed by atoms with Crippen molar-refractivity contribution in [3.05, 3.63) is 0 Å². The molecule has 1 fully saturated rings. The van der Waals surface area contributed by atoms with E-state index >= 15 is 0 Å². The molecule has 1 aliphatic carbocycles. The molecule has 3 amide bonds. The number of carbonyl (C=O) groups excluding carboxylic acids is 2. The number of urea groups is 1. The van der Waals surface area contributed by atoms with Gasteiger partial charge in [-0.05, 0) is 16.7 Å². The van der Waals surface area contributed by atoms with E-state index in [1.807, 2.05) is 0 Å². The maximum atomic E-state index is 11.7. The van der Waals surface area contributed by atoms with Crippen molar-refractivity contribution in [2.45, 2.75) is 53.5 Å². The summed E-state index contributed by atoms with van der Waals surface area (Å²) in [5, 5.41) is 13.7. The lowest BCUT2D eigenvalue weighted by Crippen LogP contribution is -2.42. The number of aliphatic carboxylic acids is 1. The van der Waals surface area contributed by atoms with E-state index in [0.29, 0.717) is 0 Å². The van der Waals surface area contributed by atoms with Crippen molar-refractivity contribution in [3.63, 3.8) is 0 Å². The zero-order valence-corrected chi connectivity index (χ0v) is 12.7. The number of nitrogens with one attached hydrogen (secondary N) is 2. The molecule has 0 aromatic heterocycles. The van der Waals surface area contributed by atoms with Gasteiger partial charge in [0.05, 0.1) is 0 Å². The molecular weight excluding hydrogens is 260 g/mol. The maximum absolute atomic E-state index is 11.7. The Kier molecular flexibility index (Phi) is 4.46. The average molecular weight is 284 g/mol. The molecule has 6 nitrogen and oxygen atoms in total. The van der Waals surface area contributed by atoms with E-state index in [2.05, 4.69) is 38.3 Å². The quantitative estimate of drug-likeness (QED) is 0.716. The Labute approximate surface area is 119 Å². The van der Waals surface area contributed by atoms with Crippen LogP contribution in [0.25, 0.3) is 0 Å². The predicted molar refractivity (Wildman–Crippen MR) is 74.1 cm³/mol. The highest BCUT2D eigenvalue weighted by atomic mass is 16.4. The molecule has 1 unspecified atom stereocenters. The Balaban J connectivity index is 2.37. The smallest absolute Gasteiger partial charge is 0.321 e. The topological polar surface area (TPSA) is 95.5 Å². The van der Waals surface area contributed by atoms with Crippen LogP contribution < -0.4 is 10.6 Å². The second kappa shape index (κ2) is 5.42. The van der Waals surface area contributed by atoms with E-state index in [9.17, 15) is 14.4 Å². The molecule has 1 rings (SSSR count). The molecule has 6 heteroatoms. The van der Waals surface area contributed by atoms with Crippen molar-refractivity contribution < 1.29 is 19.5 Å². The van der Waals surface area contributed by atoms with E-state index in [1.165, 1.54) is 0 Å². The lowest BCUT2D eigenvalue weighted by molar-refractivity contribution is -0.138. The molecule has 20 heavy (non-hydrogen) atoms. The van der Waals surface area contributed by atoms with Gasteiger partial charge in [-0.25, -0.2) is 4.79 Å². The zero-order chi connectivity index (χ0) is 15.7. The van der Waals surface area contributed by atoms with Gasteiger partial charge < -0.3 is 10.4 Å². The fraction of sp³-hybridized carbons (Fsp3) is 0.786. The molecule has 1 saturated carbocycles. The van der Waals surface area contributed by atoms with Gasteiger partial charge in [-0.15, -0.1) is 0 Å². The minimum absolute atomic E-state index is 0.00396. The first-order valence-electron chi connectivity index (χ1n) is 6.80. The molecule has 114 valence electrons. The Morgan fingerprint density at radius 1 is 1.10 bits per heavy atom. The number of hydrogen-bond donors (Lipinski definition) is 3. The number of hydrogen-bond acceptors (Lipinski definition) is 3. The van der Waals surface area contributed by atoms with E-state index in [1.54, 1.807) is 6.92 Å². The van der Waals surface area contributed by atoms with Crippen molar-refractivity contribution in [1.82, 2.24) is 10.6 Å². The fourth-order valence-electron chi connectivity index (χ4n) is 2.59. The number of imide groups is 1. The summed E-state index contributed by atoms with van der Waals surface area (Å²) < 4.78 is 0. The second-order valence-electron chi connectivity index (χ2n) is 6.81. The summed E-state index contributed by atoms with van der Waals surface area (Å²) in [5.74, 6) is -1.70. The Bertz CT molecular complexity index is 415. The van der Waals surface area contributed by atoms with Crippen LogP contribution in [0.3, 0.4) is 0 Å². The molecule has 1 aliphatic rings. The third-order valence-electron chi connectivity index (χ3n) is 4.61. The lowest BCUT2D eigenvalue weighted by atomic mass is 10.0. The van der Waals surface area contributed by atoms with Gasteiger partial charge in [-0.3, -0.25) is 14.9 Å². The highest BCUT2D eigenvalue weighted by Crippen LogP contribution is 2.62. The van der Waals surface area contributed by atoms with Crippen LogP contribution in [0.5, 0.6) is 0 Å². The molecule has 0 aromatic rings. The first-order chi connectivity index (χ1) is 8.98. The Hall–Kier alpha value is -1.59. The fourth-order valence-corrected chi connectivity index (χ4v) is 2.59. The Morgan fingerprint density at radius 2 is 1.60 bits per heavy atom. The highest BCUT2D eigenvalue weighted by molar-refractivity contribution is 5.94. The van der Waals surface area contributed by atoms with Crippen molar-refractivity contribution in [3.8, 4) is 0 Å². The van der Waals surface area contributed by atoms with Crippen molar-refractivity contribution >= 4 is 17.9 Å². The van der Waals surface area contributed by atoms with Gasteiger partial charge in [-0.2, -0.15) is 0 Å². The molecular formula is C14H24N2O4. The zero-order valence-electron chi connectivity index (χ0n) is 12.7. The first-order valence-corrected chi connectivity index (χ1v) is 6.80. The number of rotatable bonds is 5. The summed E-state index contributed by atoms with van der Waals surface area (Å²) in [6.07, 6.45) is -0.0606. The van der Waals surface area contributed by atoms with E-state index in [0.717, 1.165) is 0 Å². The van der Waals surface area contributed by atoms with Crippen LogP contribution in [-0.4, -0.2) is 29.1 Å². The summed E-state index contributed by atoms with van der Waals surface area (Å²) in [5.41, 5.74) is 0.00791. The number of carboxylic acids is 1. The van der Waals surface area contributed by atoms with Crippen LogP contribution in [0.15, 0.2) is 0 Å². The third-order valence-corrected chi connectivity index (χ3v) is 4.61. The van der Waals surface area contributed by atoms with Gasteiger partial charge in [0.25, 0.3) is 0 Å². The minimum Gasteiger partial charge on any atom is -0.481 e. The maximum Gasteiger partial charge on any atom is 0.321 e. The monoisotopic (exact) mass is 284 g/mol. The molecule has 0 aromatic carbocycles. The lowest BCUT2D eigenvalue weighted by Gasteiger charge is -2.10. The summed E-state index contributed by atoms with van der Waals surface area (Å²) in [6.45, 7) is 9.92. The number of amides is 3.